The average molecular weight is 385 g/mol. The summed E-state index contributed by atoms with van der Waals surface area (Å²) in [4.78, 5) is 38.1. The van der Waals surface area contributed by atoms with Gasteiger partial charge in [0.15, 0.2) is 12.1 Å². The first-order valence-corrected chi connectivity index (χ1v) is 8.31. The molecular formula is C18H13F2N5O3. The first-order valence-electron chi connectivity index (χ1n) is 8.31. The Hall–Kier alpha value is -3.69. The summed E-state index contributed by atoms with van der Waals surface area (Å²) in [5.74, 6) is -3.91. The fourth-order valence-electron chi connectivity index (χ4n) is 3.12. The Morgan fingerprint density at radius 3 is 2.54 bits per heavy atom. The molecule has 3 amide bonds. The van der Waals surface area contributed by atoms with E-state index in [2.05, 4.69) is 15.7 Å². The van der Waals surface area contributed by atoms with Gasteiger partial charge >= 0.3 is 0 Å². The molecule has 0 unspecified atom stereocenters. The number of nitrogens with zero attached hydrogens (tertiary/aromatic N) is 4. The molecule has 2 aliphatic heterocycles. The number of amides is 3. The number of benzene rings is 2. The Balaban J connectivity index is 1.52. The zero-order valence-corrected chi connectivity index (χ0v) is 14.3. The predicted octanol–water partition coefficient (Wildman–Crippen LogP) is 1.90. The quantitative estimate of drug-likeness (QED) is 0.814. The molecule has 1 fully saturated rings. The molecule has 8 nitrogen and oxygen atoms in total. The van der Waals surface area contributed by atoms with Crippen molar-refractivity contribution in [2.75, 3.05) is 16.8 Å². The number of halogens is 2. The number of para-hydroxylation sites is 1. The van der Waals surface area contributed by atoms with Crippen LogP contribution in [0.4, 0.5) is 20.2 Å². The summed E-state index contributed by atoms with van der Waals surface area (Å²) < 4.78 is 27.2. The van der Waals surface area contributed by atoms with E-state index < -0.39 is 41.4 Å². The van der Waals surface area contributed by atoms with E-state index in [1.165, 1.54) is 0 Å². The van der Waals surface area contributed by atoms with Gasteiger partial charge in [-0.25, -0.2) is 13.7 Å². The third-order valence-electron chi connectivity index (χ3n) is 4.37. The SMILES string of the molecule is O=C(CN1N=N[C@@H]2C(=O)N(c3ccc(F)cc3F)C(=O)[C@H]21)Nc1ccccc1. The number of nitrogens with one attached hydrogen (secondary N) is 1. The highest BCUT2D eigenvalue weighted by atomic mass is 19.1. The van der Waals surface area contributed by atoms with Gasteiger partial charge in [-0.15, -0.1) is 0 Å². The topological polar surface area (TPSA) is 94.4 Å². The molecule has 0 radical (unpaired) electrons. The lowest BCUT2D eigenvalue weighted by Gasteiger charge is -2.20. The standard InChI is InChI=1S/C18H13F2N5O3/c19-10-6-7-13(12(20)8-10)25-17(27)15-16(18(25)28)24(23-22-15)9-14(26)21-11-4-2-1-3-5-11/h1-8,15-16H,9H2,(H,21,26)/t15-,16-/m0/s1. The van der Waals surface area contributed by atoms with Gasteiger partial charge in [-0.3, -0.25) is 19.4 Å². The molecule has 4 rings (SSSR count). The molecule has 2 aromatic rings. The van der Waals surface area contributed by atoms with Gasteiger partial charge in [0.25, 0.3) is 11.8 Å². The van der Waals surface area contributed by atoms with E-state index in [-0.39, 0.29) is 12.2 Å². The van der Waals surface area contributed by atoms with Crippen molar-refractivity contribution in [1.29, 1.82) is 0 Å². The van der Waals surface area contributed by atoms with Crippen LogP contribution in [0, 0.1) is 11.6 Å². The van der Waals surface area contributed by atoms with Crippen molar-refractivity contribution in [1.82, 2.24) is 5.01 Å². The number of carbonyl (C=O) groups is 3. The maximum atomic E-state index is 14.1. The van der Waals surface area contributed by atoms with E-state index in [1.54, 1.807) is 30.3 Å². The molecule has 1 saturated heterocycles. The van der Waals surface area contributed by atoms with Gasteiger partial charge in [0, 0.05) is 11.8 Å². The van der Waals surface area contributed by atoms with Crippen molar-refractivity contribution in [3.8, 4) is 0 Å². The molecule has 2 atom stereocenters. The summed E-state index contributed by atoms with van der Waals surface area (Å²) >= 11 is 0. The van der Waals surface area contributed by atoms with Crippen LogP contribution in [0.3, 0.4) is 0 Å². The van der Waals surface area contributed by atoms with Crippen molar-refractivity contribution >= 4 is 29.1 Å². The molecule has 28 heavy (non-hydrogen) atoms. The molecule has 0 aromatic heterocycles. The molecule has 2 heterocycles. The normalized spacial score (nSPS) is 20.6. The Labute approximate surface area is 157 Å². The number of anilines is 2. The average Bonchev–Trinajstić information content (AvgIpc) is 3.17. The Bertz CT molecular complexity index is 998. The smallest absolute Gasteiger partial charge is 0.263 e. The summed E-state index contributed by atoms with van der Waals surface area (Å²) in [7, 11) is 0. The fourth-order valence-corrected chi connectivity index (χ4v) is 3.12. The van der Waals surface area contributed by atoms with Crippen LogP contribution in [0.2, 0.25) is 0 Å². The third kappa shape index (κ3) is 2.98. The Kier molecular flexibility index (Phi) is 4.30. The van der Waals surface area contributed by atoms with E-state index in [1.807, 2.05) is 0 Å². The van der Waals surface area contributed by atoms with Crippen LogP contribution in [0.25, 0.3) is 0 Å². The number of carbonyl (C=O) groups excluding carboxylic acids is 3. The van der Waals surface area contributed by atoms with Gasteiger partial charge < -0.3 is 5.32 Å². The number of rotatable bonds is 4. The molecule has 2 aromatic carbocycles. The maximum absolute atomic E-state index is 14.1. The molecule has 1 N–H and O–H groups in total. The van der Waals surface area contributed by atoms with E-state index in [9.17, 15) is 23.2 Å². The van der Waals surface area contributed by atoms with Gasteiger partial charge in [-0.1, -0.05) is 23.4 Å². The second-order valence-electron chi connectivity index (χ2n) is 6.21. The summed E-state index contributed by atoms with van der Waals surface area (Å²) in [6.07, 6.45) is 0. The first kappa shape index (κ1) is 17.7. The molecule has 0 aliphatic carbocycles. The van der Waals surface area contributed by atoms with Gasteiger partial charge in [0.2, 0.25) is 5.91 Å². The van der Waals surface area contributed by atoms with Crippen molar-refractivity contribution in [2.24, 2.45) is 10.3 Å². The van der Waals surface area contributed by atoms with E-state index in [4.69, 9.17) is 0 Å². The van der Waals surface area contributed by atoms with Crippen LogP contribution < -0.4 is 10.2 Å². The largest absolute Gasteiger partial charge is 0.324 e. The minimum Gasteiger partial charge on any atom is -0.324 e. The van der Waals surface area contributed by atoms with Gasteiger partial charge in [0.05, 0.1) is 5.69 Å². The molecule has 0 spiro atoms. The van der Waals surface area contributed by atoms with Crippen LogP contribution in [0.1, 0.15) is 0 Å². The molecular weight excluding hydrogens is 372 g/mol. The van der Waals surface area contributed by atoms with Crippen molar-refractivity contribution in [3.63, 3.8) is 0 Å². The Morgan fingerprint density at radius 1 is 1.07 bits per heavy atom. The lowest BCUT2D eigenvalue weighted by molar-refractivity contribution is -0.123. The van der Waals surface area contributed by atoms with E-state index in [0.29, 0.717) is 16.7 Å². The van der Waals surface area contributed by atoms with Gasteiger partial charge in [-0.05, 0) is 24.3 Å². The van der Waals surface area contributed by atoms with Crippen molar-refractivity contribution < 1.29 is 23.2 Å². The molecule has 142 valence electrons. The molecule has 0 saturated carbocycles. The second-order valence-corrected chi connectivity index (χ2v) is 6.21. The summed E-state index contributed by atoms with van der Waals surface area (Å²) in [5, 5.41) is 11.2. The number of fused-ring (bicyclic) bond motifs is 1. The lowest BCUT2D eigenvalue weighted by Crippen LogP contribution is -2.43. The second kappa shape index (κ2) is 6.80. The first-order chi connectivity index (χ1) is 13.5. The highest BCUT2D eigenvalue weighted by molar-refractivity contribution is 6.25. The van der Waals surface area contributed by atoms with Crippen molar-refractivity contribution in [3.05, 3.63) is 60.2 Å². The zero-order valence-electron chi connectivity index (χ0n) is 14.3. The number of hydrogen-bond acceptors (Lipinski definition) is 6. The number of hydrogen-bond donors (Lipinski definition) is 1. The zero-order chi connectivity index (χ0) is 19.8. The summed E-state index contributed by atoms with van der Waals surface area (Å²) in [6.45, 7) is -0.321. The van der Waals surface area contributed by atoms with Gasteiger partial charge in [0.1, 0.15) is 18.2 Å². The maximum Gasteiger partial charge on any atom is 0.263 e. The van der Waals surface area contributed by atoms with Crippen molar-refractivity contribution in [2.45, 2.75) is 12.1 Å². The lowest BCUT2D eigenvalue weighted by atomic mass is 10.1. The number of imide groups is 1. The minimum absolute atomic E-state index is 0.321. The van der Waals surface area contributed by atoms with Crippen LogP contribution in [0.15, 0.2) is 58.9 Å². The third-order valence-corrected chi connectivity index (χ3v) is 4.37. The van der Waals surface area contributed by atoms with Gasteiger partial charge in [-0.2, -0.15) is 5.11 Å². The molecule has 0 bridgehead atoms. The molecule has 2 aliphatic rings. The monoisotopic (exact) mass is 385 g/mol. The minimum atomic E-state index is -1.18. The predicted molar refractivity (Wildman–Crippen MR) is 93.1 cm³/mol. The highest BCUT2D eigenvalue weighted by Gasteiger charge is 2.55. The molecule has 10 heteroatoms. The van der Waals surface area contributed by atoms with E-state index in [0.717, 1.165) is 17.1 Å². The summed E-state index contributed by atoms with van der Waals surface area (Å²) in [6, 6.07) is 8.86. The van der Waals surface area contributed by atoms with Crippen LogP contribution >= 0.6 is 0 Å². The van der Waals surface area contributed by atoms with E-state index >= 15 is 0 Å². The van der Waals surface area contributed by atoms with Crippen LogP contribution in [-0.2, 0) is 14.4 Å². The van der Waals surface area contributed by atoms with Crippen LogP contribution in [-0.4, -0.2) is 41.4 Å². The Morgan fingerprint density at radius 2 is 1.82 bits per heavy atom. The highest BCUT2D eigenvalue weighted by Crippen LogP contribution is 2.33. The summed E-state index contributed by atoms with van der Waals surface area (Å²) in [5.41, 5.74) is 0.193. The fraction of sp³-hybridized carbons (Fsp3) is 0.167. The van der Waals surface area contributed by atoms with Crippen LogP contribution in [0.5, 0.6) is 0 Å².